The molecule has 0 radical (unpaired) electrons. The van der Waals surface area contributed by atoms with E-state index in [0.717, 1.165) is 25.1 Å². The Labute approximate surface area is 141 Å². The Kier molecular flexibility index (Phi) is 5.47. The molecule has 1 atom stereocenters. The molecule has 1 aromatic rings. The molecule has 2 aliphatic heterocycles. The number of piperazine rings is 1. The van der Waals surface area contributed by atoms with Crippen molar-refractivity contribution in [3.8, 4) is 0 Å². The first kappa shape index (κ1) is 17.2. The number of thiophene rings is 1. The molecule has 1 N–H and O–H groups in total. The highest BCUT2D eigenvalue weighted by atomic mass is 35.5. The van der Waals surface area contributed by atoms with Crippen molar-refractivity contribution in [1.82, 2.24) is 15.1 Å². The van der Waals surface area contributed by atoms with E-state index in [1.54, 1.807) is 0 Å². The molecule has 122 valence electrons. The molecule has 0 aromatic carbocycles. The summed E-state index contributed by atoms with van der Waals surface area (Å²) in [5.74, 6) is 0.312. The SMILES string of the molecule is CC1(C(=O)N2CCN(C(=O)c3ccsc3)CC2)CCNC1.Cl. The van der Waals surface area contributed by atoms with Crippen LogP contribution in [0.2, 0.25) is 0 Å². The largest absolute Gasteiger partial charge is 0.339 e. The van der Waals surface area contributed by atoms with E-state index in [0.29, 0.717) is 26.2 Å². The fourth-order valence-corrected chi connectivity index (χ4v) is 3.69. The van der Waals surface area contributed by atoms with Gasteiger partial charge in [0.05, 0.1) is 11.0 Å². The predicted molar refractivity (Wildman–Crippen MR) is 89.6 cm³/mol. The van der Waals surface area contributed by atoms with Crippen molar-refractivity contribution < 1.29 is 9.59 Å². The number of nitrogens with zero attached hydrogens (tertiary/aromatic N) is 2. The maximum absolute atomic E-state index is 12.6. The van der Waals surface area contributed by atoms with Crippen molar-refractivity contribution in [2.45, 2.75) is 13.3 Å². The molecule has 1 aromatic heterocycles. The van der Waals surface area contributed by atoms with Gasteiger partial charge in [-0.25, -0.2) is 0 Å². The molecule has 2 saturated heterocycles. The average Bonchev–Trinajstić information content (AvgIpc) is 3.18. The van der Waals surface area contributed by atoms with Crippen LogP contribution >= 0.6 is 23.7 Å². The number of carbonyl (C=O) groups is 2. The molecule has 7 heteroatoms. The highest BCUT2D eigenvalue weighted by molar-refractivity contribution is 7.08. The summed E-state index contributed by atoms with van der Waals surface area (Å²) >= 11 is 1.53. The molecular formula is C15H22ClN3O2S. The molecule has 2 amide bonds. The van der Waals surface area contributed by atoms with Crippen LogP contribution in [-0.4, -0.2) is 60.9 Å². The van der Waals surface area contributed by atoms with E-state index in [2.05, 4.69) is 5.32 Å². The molecule has 2 fully saturated rings. The highest BCUT2D eigenvalue weighted by Crippen LogP contribution is 2.27. The minimum Gasteiger partial charge on any atom is -0.339 e. The predicted octanol–water partition coefficient (Wildman–Crippen LogP) is 1.45. The minimum absolute atomic E-state index is 0. The van der Waals surface area contributed by atoms with Gasteiger partial charge in [-0.15, -0.1) is 12.4 Å². The number of rotatable bonds is 2. The van der Waals surface area contributed by atoms with Crippen LogP contribution in [0.25, 0.3) is 0 Å². The van der Waals surface area contributed by atoms with Gasteiger partial charge in [-0.05, 0) is 31.3 Å². The van der Waals surface area contributed by atoms with Gasteiger partial charge in [-0.2, -0.15) is 11.3 Å². The number of hydrogen-bond donors (Lipinski definition) is 1. The molecule has 22 heavy (non-hydrogen) atoms. The van der Waals surface area contributed by atoms with Crippen molar-refractivity contribution in [1.29, 1.82) is 0 Å². The van der Waals surface area contributed by atoms with Gasteiger partial charge in [0, 0.05) is 38.1 Å². The zero-order valence-corrected chi connectivity index (χ0v) is 14.3. The topological polar surface area (TPSA) is 52.7 Å². The van der Waals surface area contributed by atoms with E-state index in [1.807, 2.05) is 33.6 Å². The van der Waals surface area contributed by atoms with Crippen molar-refractivity contribution in [2.75, 3.05) is 39.3 Å². The first-order valence-corrected chi connectivity index (χ1v) is 8.36. The normalized spacial score (nSPS) is 25.0. The molecule has 2 aliphatic rings. The molecule has 1 unspecified atom stereocenters. The van der Waals surface area contributed by atoms with Crippen molar-refractivity contribution in [3.63, 3.8) is 0 Å². The van der Waals surface area contributed by atoms with Crippen LogP contribution in [0, 0.1) is 5.41 Å². The average molecular weight is 344 g/mol. The minimum atomic E-state index is -0.264. The van der Waals surface area contributed by atoms with Crippen molar-refractivity contribution >= 4 is 35.6 Å². The van der Waals surface area contributed by atoms with Gasteiger partial charge in [-0.3, -0.25) is 9.59 Å². The third kappa shape index (κ3) is 3.29. The maximum Gasteiger partial charge on any atom is 0.254 e. The van der Waals surface area contributed by atoms with Crippen LogP contribution in [0.3, 0.4) is 0 Å². The second-order valence-electron chi connectivity index (χ2n) is 6.08. The summed E-state index contributed by atoms with van der Waals surface area (Å²) in [6, 6.07) is 1.86. The van der Waals surface area contributed by atoms with Crippen molar-refractivity contribution in [3.05, 3.63) is 22.4 Å². The number of nitrogens with one attached hydrogen (secondary N) is 1. The molecule has 5 nitrogen and oxygen atoms in total. The van der Waals surface area contributed by atoms with Gasteiger partial charge in [0.1, 0.15) is 0 Å². The van der Waals surface area contributed by atoms with Gasteiger partial charge < -0.3 is 15.1 Å². The Morgan fingerprint density at radius 1 is 1.23 bits per heavy atom. The summed E-state index contributed by atoms with van der Waals surface area (Å²) in [6.07, 6.45) is 0.903. The van der Waals surface area contributed by atoms with Crippen LogP contribution < -0.4 is 5.32 Å². The Morgan fingerprint density at radius 3 is 2.45 bits per heavy atom. The van der Waals surface area contributed by atoms with E-state index >= 15 is 0 Å². The monoisotopic (exact) mass is 343 g/mol. The lowest BCUT2D eigenvalue weighted by Gasteiger charge is -2.38. The van der Waals surface area contributed by atoms with E-state index in [-0.39, 0.29) is 29.6 Å². The number of halogens is 1. The van der Waals surface area contributed by atoms with Crippen LogP contribution in [0.4, 0.5) is 0 Å². The maximum atomic E-state index is 12.6. The van der Waals surface area contributed by atoms with Gasteiger partial charge >= 0.3 is 0 Å². The van der Waals surface area contributed by atoms with E-state index < -0.39 is 0 Å². The van der Waals surface area contributed by atoms with Crippen molar-refractivity contribution in [2.24, 2.45) is 5.41 Å². The summed E-state index contributed by atoms with van der Waals surface area (Å²) in [6.45, 7) is 6.26. The fraction of sp³-hybridized carbons (Fsp3) is 0.600. The first-order valence-electron chi connectivity index (χ1n) is 7.42. The zero-order chi connectivity index (χ0) is 14.9. The van der Waals surface area contributed by atoms with Gasteiger partial charge in [-0.1, -0.05) is 0 Å². The Bertz CT molecular complexity index is 521. The number of carbonyl (C=O) groups excluding carboxylic acids is 2. The summed E-state index contributed by atoms with van der Waals surface area (Å²) in [7, 11) is 0. The Balaban J connectivity index is 0.00000176. The summed E-state index contributed by atoms with van der Waals surface area (Å²) in [5, 5.41) is 7.07. The Hall–Kier alpha value is -1.11. The standard InChI is InChI=1S/C15H21N3O2S.ClH/c1-15(3-4-16-11-15)14(20)18-7-5-17(6-8-18)13(19)12-2-9-21-10-12;/h2,9-10,16H,3-8,11H2,1H3;1H. The quantitative estimate of drug-likeness (QED) is 0.884. The molecule has 0 saturated carbocycles. The van der Waals surface area contributed by atoms with E-state index in [9.17, 15) is 9.59 Å². The number of amides is 2. The van der Waals surface area contributed by atoms with Crippen LogP contribution in [0.5, 0.6) is 0 Å². The summed E-state index contributed by atoms with van der Waals surface area (Å²) < 4.78 is 0. The summed E-state index contributed by atoms with van der Waals surface area (Å²) in [4.78, 5) is 28.7. The van der Waals surface area contributed by atoms with Gasteiger partial charge in [0.15, 0.2) is 0 Å². The van der Waals surface area contributed by atoms with Gasteiger partial charge in [0.2, 0.25) is 5.91 Å². The molecule has 3 rings (SSSR count). The zero-order valence-electron chi connectivity index (χ0n) is 12.7. The molecule has 3 heterocycles. The van der Waals surface area contributed by atoms with E-state index in [4.69, 9.17) is 0 Å². The molecule has 0 bridgehead atoms. The lowest BCUT2D eigenvalue weighted by Crippen LogP contribution is -2.54. The number of hydrogen-bond acceptors (Lipinski definition) is 4. The first-order chi connectivity index (χ1) is 10.1. The second kappa shape index (κ2) is 6.98. The summed E-state index contributed by atoms with van der Waals surface area (Å²) in [5.41, 5.74) is 0.492. The van der Waals surface area contributed by atoms with Crippen LogP contribution in [0.15, 0.2) is 16.8 Å². The highest BCUT2D eigenvalue weighted by Gasteiger charge is 2.40. The van der Waals surface area contributed by atoms with E-state index in [1.165, 1.54) is 11.3 Å². The van der Waals surface area contributed by atoms with Gasteiger partial charge in [0.25, 0.3) is 5.91 Å². The third-order valence-corrected chi connectivity index (χ3v) is 5.19. The lowest BCUT2D eigenvalue weighted by molar-refractivity contribution is -0.141. The fourth-order valence-electron chi connectivity index (χ4n) is 3.06. The smallest absolute Gasteiger partial charge is 0.254 e. The van der Waals surface area contributed by atoms with Crippen LogP contribution in [0.1, 0.15) is 23.7 Å². The molecule has 0 aliphatic carbocycles. The lowest BCUT2D eigenvalue weighted by atomic mass is 9.88. The molecular weight excluding hydrogens is 322 g/mol. The molecule has 0 spiro atoms. The van der Waals surface area contributed by atoms with Crippen LogP contribution in [-0.2, 0) is 4.79 Å². The Morgan fingerprint density at radius 2 is 1.91 bits per heavy atom. The third-order valence-electron chi connectivity index (χ3n) is 4.51. The second-order valence-corrected chi connectivity index (χ2v) is 6.86.